The van der Waals surface area contributed by atoms with E-state index in [4.69, 9.17) is 19.3 Å². The SMILES string of the molecule is CCOC(=O)C(C)(C)Cc1cccc(C2Oc3cccc(OC)c3-c3ccc(CS(N)(=O)=O)cc32)c1. The minimum absolute atomic E-state index is 0.247. The number of fused-ring (bicyclic) bond motifs is 3. The molecule has 1 heterocycles. The molecule has 0 saturated carbocycles. The van der Waals surface area contributed by atoms with E-state index in [9.17, 15) is 13.2 Å². The summed E-state index contributed by atoms with van der Waals surface area (Å²) >= 11 is 0. The van der Waals surface area contributed by atoms with Gasteiger partial charge in [-0.15, -0.1) is 0 Å². The molecule has 0 fully saturated rings. The van der Waals surface area contributed by atoms with Gasteiger partial charge in [-0.2, -0.15) is 0 Å². The summed E-state index contributed by atoms with van der Waals surface area (Å²) in [5.41, 5.74) is 4.25. The minimum atomic E-state index is -3.71. The Morgan fingerprint density at radius 2 is 1.81 bits per heavy atom. The van der Waals surface area contributed by atoms with Crippen molar-refractivity contribution >= 4 is 16.0 Å². The Labute approximate surface area is 212 Å². The molecule has 3 aromatic carbocycles. The Kier molecular flexibility index (Phi) is 7.11. The normalized spacial score (nSPS) is 14.9. The second kappa shape index (κ2) is 9.95. The maximum Gasteiger partial charge on any atom is 0.311 e. The molecule has 0 bridgehead atoms. The number of nitrogens with two attached hydrogens (primary N) is 1. The number of sulfonamides is 1. The number of benzene rings is 3. The van der Waals surface area contributed by atoms with Gasteiger partial charge < -0.3 is 14.2 Å². The van der Waals surface area contributed by atoms with Crippen LogP contribution in [0.1, 0.15) is 49.1 Å². The summed E-state index contributed by atoms with van der Waals surface area (Å²) in [4.78, 5) is 12.5. The predicted molar refractivity (Wildman–Crippen MR) is 138 cm³/mol. The molecule has 0 saturated heterocycles. The fourth-order valence-electron chi connectivity index (χ4n) is 4.64. The van der Waals surface area contributed by atoms with Crippen molar-refractivity contribution < 1.29 is 27.4 Å². The number of primary sulfonamides is 1. The quantitative estimate of drug-likeness (QED) is 0.439. The van der Waals surface area contributed by atoms with E-state index < -0.39 is 21.5 Å². The highest BCUT2D eigenvalue weighted by atomic mass is 32.2. The molecule has 8 heteroatoms. The third-order valence-electron chi connectivity index (χ3n) is 6.22. The molecule has 1 unspecified atom stereocenters. The number of carbonyl (C=O) groups is 1. The highest BCUT2D eigenvalue weighted by molar-refractivity contribution is 7.88. The minimum Gasteiger partial charge on any atom is -0.496 e. The van der Waals surface area contributed by atoms with E-state index in [1.807, 2.05) is 68.4 Å². The first kappa shape index (κ1) is 25.7. The number of hydrogen-bond donors (Lipinski definition) is 1. The van der Waals surface area contributed by atoms with Gasteiger partial charge in [0.25, 0.3) is 0 Å². The molecule has 0 aliphatic carbocycles. The Morgan fingerprint density at radius 3 is 2.50 bits per heavy atom. The van der Waals surface area contributed by atoms with Crippen LogP contribution in [0.2, 0.25) is 0 Å². The Morgan fingerprint density at radius 1 is 1.06 bits per heavy atom. The summed E-state index contributed by atoms with van der Waals surface area (Å²) < 4.78 is 40.9. The van der Waals surface area contributed by atoms with E-state index in [0.717, 1.165) is 27.8 Å². The monoisotopic (exact) mass is 509 g/mol. The zero-order valence-electron chi connectivity index (χ0n) is 20.9. The topological polar surface area (TPSA) is 105 Å². The average Bonchev–Trinajstić information content (AvgIpc) is 2.82. The van der Waals surface area contributed by atoms with Gasteiger partial charge >= 0.3 is 5.97 Å². The number of rotatable bonds is 8. The van der Waals surface area contributed by atoms with Gasteiger partial charge in [0.15, 0.2) is 0 Å². The first-order valence-electron chi connectivity index (χ1n) is 11.8. The van der Waals surface area contributed by atoms with Gasteiger partial charge in [0.05, 0.1) is 30.4 Å². The lowest BCUT2D eigenvalue weighted by atomic mass is 9.84. The van der Waals surface area contributed by atoms with Crippen LogP contribution in [0.3, 0.4) is 0 Å². The van der Waals surface area contributed by atoms with Crippen LogP contribution >= 0.6 is 0 Å². The first-order valence-corrected chi connectivity index (χ1v) is 13.5. The molecule has 3 aromatic rings. The molecule has 0 spiro atoms. The molecular weight excluding hydrogens is 478 g/mol. The Bertz CT molecular complexity index is 1400. The molecular formula is C28H31NO6S. The van der Waals surface area contributed by atoms with Crippen molar-refractivity contribution in [3.63, 3.8) is 0 Å². The molecule has 190 valence electrons. The molecule has 2 N–H and O–H groups in total. The standard InChI is InChI=1S/C28H31NO6S/c1-5-34-27(30)28(2,3)16-18-8-6-9-20(14-18)26-22-15-19(17-36(29,31)32)12-13-21(22)25-23(33-4)10-7-11-24(25)35-26/h6-15,26H,5,16-17H2,1-4H3,(H2,29,31,32). The van der Waals surface area contributed by atoms with Crippen LogP contribution in [-0.4, -0.2) is 28.1 Å². The van der Waals surface area contributed by atoms with Gasteiger partial charge in [0.2, 0.25) is 10.0 Å². The van der Waals surface area contributed by atoms with E-state index in [0.29, 0.717) is 30.1 Å². The number of hydrogen-bond acceptors (Lipinski definition) is 6. The number of methoxy groups -OCH3 is 1. The Balaban J connectivity index is 1.79. The van der Waals surface area contributed by atoms with E-state index in [-0.39, 0.29) is 11.7 Å². The summed E-state index contributed by atoms with van der Waals surface area (Å²) in [7, 11) is -2.11. The molecule has 7 nitrogen and oxygen atoms in total. The van der Waals surface area contributed by atoms with Gasteiger partial charge in [-0.25, -0.2) is 13.6 Å². The number of esters is 1. The van der Waals surface area contributed by atoms with Gasteiger partial charge in [0, 0.05) is 5.56 Å². The van der Waals surface area contributed by atoms with E-state index in [2.05, 4.69) is 0 Å². The molecule has 36 heavy (non-hydrogen) atoms. The number of ether oxygens (including phenoxy) is 3. The predicted octanol–water partition coefficient (Wildman–Crippen LogP) is 4.76. The summed E-state index contributed by atoms with van der Waals surface area (Å²) in [5, 5.41) is 5.32. The first-order chi connectivity index (χ1) is 17.0. The fraction of sp³-hybridized carbons (Fsp3) is 0.321. The summed E-state index contributed by atoms with van der Waals surface area (Å²) in [5.74, 6) is 0.808. The Hall–Kier alpha value is -3.36. The van der Waals surface area contributed by atoms with Crippen LogP contribution in [0.5, 0.6) is 11.5 Å². The third-order valence-corrected chi connectivity index (χ3v) is 6.95. The maximum absolute atomic E-state index is 12.5. The molecule has 1 atom stereocenters. The highest BCUT2D eigenvalue weighted by Gasteiger charge is 2.32. The second-order valence-electron chi connectivity index (χ2n) is 9.59. The summed E-state index contributed by atoms with van der Waals surface area (Å²) in [6, 6.07) is 19.0. The smallest absolute Gasteiger partial charge is 0.311 e. The van der Waals surface area contributed by atoms with E-state index >= 15 is 0 Å². The molecule has 0 amide bonds. The molecule has 0 radical (unpaired) electrons. The lowest BCUT2D eigenvalue weighted by molar-refractivity contribution is -0.153. The fourth-order valence-corrected chi connectivity index (χ4v) is 5.28. The zero-order chi connectivity index (χ0) is 26.1. The summed E-state index contributed by atoms with van der Waals surface area (Å²) in [6.07, 6.45) is 0.000425. The van der Waals surface area contributed by atoms with Crippen LogP contribution < -0.4 is 14.6 Å². The molecule has 4 rings (SSSR count). The van der Waals surface area contributed by atoms with Crippen LogP contribution in [0.15, 0.2) is 60.7 Å². The average molecular weight is 510 g/mol. The maximum atomic E-state index is 12.5. The van der Waals surface area contributed by atoms with E-state index in [1.54, 1.807) is 20.1 Å². The van der Waals surface area contributed by atoms with Gasteiger partial charge in [-0.1, -0.05) is 48.5 Å². The van der Waals surface area contributed by atoms with E-state index in [1.165, 1.54) is 0 Å². The van der Waals surface area contributed by atoms with Crippen LogP contribution in [-0.2, 0) is 31.7 Å². The van der Waals surface area contributed by atoms with Crippen molar-refractivity contribution in [3.05, 3.63) is 82.9 Å². The molecule has 0 aromatic heterocycles. The van der Waals surface area contributed by atoms with Gasteiger partial charge in [0.1, 0.15) is 17.6 Å². The van der Waals surface area contributed by atoms with Gasteiger partial charge in [-0.3, -0.25) is 4.79 Å². The van der Waals surface area contributed by atoms with Crippen LogP contribution in [0, 0.1) is 5.41 Å². The molecule has 1 aliphatic heterocycles. The zero-order valence-corrected chi connectivity index (χ0v) is 21.7. The lowest BCUT2D eigenvalue weighted by Gasteiger charge is -2.31. The van der Waals surface area contributed by atoms with Crippen LogP contribution in [0.25, 0.3) is 11.1 Å². The van der Waals surface area contributed by atoms with Crippen molar-refractivity contribution in [2.45, 2.75) is 39.0 Å². The highest BCUT2D eigenvalue weighted by Crippen LogP contribution is 2.49. The second-order valence-corrected chi connectivity index (χ2v) is 11.2. The van der Waals surface area contributed by atoms with Crippen molar-refractivity contribution in [2.24, 2.45) is 10.6 Å². The summed E-state index contributed by atoms with van der Waals surface area (Å²) in [6.45, 7) is 5.86. The lowest BCUT2D eigenvalue weighted by Crippen LogP contribution is -2.29. The van der Waals surface area contributed by atoms with Crippen molar-refractivity contribution in [2.75, 3.05) is 13.7 Å². The van der Waals surface area contributed by atoms with Crippen molar-refractivity contribution in [1.29, 1.82) is 0 Å². The molecule has 1 aliphatic rings. The van der Waals surface area contributed by atoms with Crippen LogP contribution in [0.4, 0.5) is 0 Å². The van der Waals surface area contributed by atoms with Crippen molar-refractivity contribution in [1.82, 2.24) is 0 Å². The largest absolute Gasteiger partial charge is 0.496 e. The number of carbonyl (C=O) groups excluding carboxylic acids is 1. The van der Waals surface area contributed by atoms with Gasteiger partial charge in [-0.05, 0) is 61.6 Å². The van der Waals surface area contributed by atoms with Crippen molar-refractivity contribution in [3.8, 4) is 22.6 Å². The third kappa shape index (κ3) is 5.39.